The Bertz CT molecular complexity index is 345. The maximum absolute atomic E-state index is 11.6. The van der Waals surface area contributed by atoms with E-state index >= 15 is 0 Å². The highest BCUT2D eigenvalue weighted by Gasteiger charge is 2.28. The summed E-state index contributed by atoms with van der Waals surface area (Å²) in [5.74, 6) is -0.0117. The number of amides is 1. The highest BCUT2D eigenvalue weighted by Crippen LogP contribution is 2.08. The fourth-order valence-electron chi connectivity index (χ4n) is 1.66. The molecule has 1 fully saturated rings. The molecule has 2 N–H and O–H groups in total. The number of hydrogen-bond acceptors (Lipinski definition) is 4. The van der Waals surface area contributed by atoms with Gasteiger partial charge in [0.1, 0.15) is 0 Å². The van der Waals surface area contributed by atoms with Gasteiger partial charge in [-0.25, -0.2) is 8.42 Å². The lowest BCUT2D eigenvalue weighted by Crippen LogP contribution is -2.53. The van der Waals surface area contributed by atoms with Crippen LogP contribution in [-0.2, 0) is 14.8 Å². The third kappa shape index (κ3) is 2.93. The zero-order valence-corrected chi connectivity index (χ0v) is 10.5. The summed E-state index contributed by atoms with van der Waals surface area (Å²) in [5.41, 5.74) is 5.49. The molecule has 16 heavy (non-hydrogen) atoms. The maximum Gasteiger partial charge on any atom is 0.239 e. The second kappa shape index (κ2) is 5.11. The van der Waals surface area contributed by atoms with Gasteiger partial charge >= 0.3 is 0 Å². The van der Waals surface area contributed by atoms with Crippen LogP contribution < -0.4 is 5.73 Å². The fourth-order valence-corrected chi connectivity index (χ4v) is 2.74. The number of carbonyl (C=O) groups is 1. The van der Waals surface area contributed by atoms with Crippen molar-refractivity contribution in [1.82, 2.24) is 9.21 Å². The first-order chi connectivity index (χ1) is 7.38. The Hall–Kier alpha value is -0.660. The standard InChI is InChI=1S/C9H19N3O3S/c1-3-16(14,15)12-6-4-11(5-7-12)9(13)8(2)10/h8H,3-7,10H2,1-2H3/t8-/m0/s1. The lowest BCUT2D eigenvalue weighted by atomic mass is 10.2. The fraction of sp³-hybridized carbons (Fsp3) is 0.889. The largest absolute Gasteiger partial charge is 0.339 e. The molecular formula is C9H19N3O3S. The summed E-state index contributed by atoms with van der Waals surface area (Å²) in [7, 11) is -3.13. The molecule has 7 heteroatoms. The van der Waals surface area contributed by atoms with Gasteiger partial charge in [0.25, 0.3) is 0 Å². The molecule has 1 aliphatic rings. The van der Waals surface area contributed by atoms with Gasteiger partial charge in [0.05, 0.1) is 11.8 Å². The van der Waals surface area contributed by atoms with Gasteiger partial charge in [-0.1, -0.05) is 0 Å². The zero-order valence-electron chi connectivity index (χ0n) is 9.72. The summed E-state index contributed by atoms with van der Waals surface area (Å²) in [6.07, 6.45) is 0. The normalized spacial score (nSPS) is 20.8. The molecule has 1 aliphatic heterocycles. The average Bonchev–Trinajstić information content (AvgIpc) is 2.28. The van der Waals surface area contributed by atoms with Gasteiger partial charge in [-0.3, -0.25) is 4.79 Å². The van der Waals surface area contributed by atoms with Gasteiger partial charge in [-0.05, 0) is 13.8 Å². The van der Waals surface area contributed by atoms with E-state index in [2.05, 4.69) is 0 Å². The quantitative estimate of drug-likeness (QED) is 0.683. The topological polar surface area (TPSA) is 83.7 Å². The summed E-state index contributed by atoms with van der Waals surface area (Å²) >= 11 is 0. The highest BCUT2D eigenvalue weighted by atomic mass is 32.2. The molecule has 0 spiro atoms. The second-order valence-electron chi connectivity index (χ2n) is 3.91. The smallest absolute Gasteiger partial charge is 0.239 e. The summed E-state index contributed by atoms with van der Waals surface area (Å²) < 4.78 is 24.6. The number of carbonyl (C=O) groups excluding carboxylic acids is 1. The van der Waals surface area contributed by atoms with E-state index in [0.29, 0.717) is 26.2 Å². The van der Waals surface area contributed by atoms with E-state index in [1.54, 1.807) is 18.7 Å². The van der Waals surface area contributed by atoms with Crippen LogP contribution in [0.4, 0.5) is 0 Å². The minimum absolute atomic E-state index is 0.105. The lowest BCUT2D eigenvalue weighted by molar-refractivity contribution is -0.133. The molecular weight excluding hydrogens is 230 g/mol. The summed E-state index contributed by atoms with van der Waals surface area (Å²) in [4.78, 5) is 13.2. The summed E-state index contributed by atoms with van der Waals surface area (Å²) in [6.45, 7) is 4.86. The number of rotatable bonds is 3. The van der Waals surface area contributed by atoms with E-state index in [9.17, 15) is 13.2 Å². The lowest BCUT2D eigenvalue weighted by Gasteiger charge is -2.34. The van der Waals surface area contributed by atoms with Crippen molar-refractivity contribution in [3.63, 3.8) is 0 Å². The number of hydrogen-bond donors (Lipinski definition) is 1. The Morgan fingerprint density at radius 3 is 2.19 bits per heavy atom. The van der Waals surface area contributed by atoms with E-state index in [1.807, 2.05) is 0 Å². The third-order valence-electron chi connectivity index (χ3n) is 2.70. The van der Waals surface area contributed by atoms with Gasteiger partial charge in [0, 0.05) is 26.2 Å². The number of nitrogens with zero attached hydrogens (tertiary/aromatic N) is 2. The molecule has 0 saturated carbocycles. The predicted octanol–water partition coefficient (Wildman–Crippen LogP) is -1.17. The van der Waals surface area contributed by atoms with Crippen LogP contribution in [0.5, 0.6) is 0 Å². The molecule has 1 rings (SSSR count). The van der Waals surface area contributed by atoms with E-state index in [1.165, 1.54) is 4.31 Å². The van der Waals surface area contributed by atoms with Gasteiger partial charge < -0.3 is 10.6 Å². The molecule has 0 radical (unpaired) electrons. The highest BCUT2D eigenvalue weighted by molar-refractivity contribution is 7.89. The van der Waals surface area contributed by atoms with E-state index < -0.39 is 16.1 Å². The second-order valence-corrected chi connectivity index (χ2v) is 6.17. The van der Waals surface area contributed by atoms with Gasteiger partial charge in [-0.15, -0.1) is 0 Å². The van der Waals surface area contributed by atoms with Crippen LogP contribution in [-0.4, -0.2) is 61.5 Å². The van der Waals surface area contributed by atoms with Crippen molar-refractivity contribution in [3.05, 3.63) is 0 Å². The Balaban J connectivity index is 2.55. The first-order valence-electron chi connectivity index (χ1n) is 5.40. The van der Waals surface area contributed by atoms with Crippen molar-refractivity contribution in [3.8, 4) is 0 Å². The van der Waals surface area contributed by atoms with Gasteiger partial charge in [-0.2, -0.15) is 4.31 Å². The molecule has 0 aromatic rings. The van der Waals surface area contributed by atoms with Gasteiger partial charge in [0.2, 0.25) is 15.9 Å². The van der Waals surface area contributed by atoms with Crippen LogP contribution in [0.25, 0.3) is 0 Å². The Morgan fingerprint density at radius 1 is 1.31 bits per heavy atom. The first kappa shape index (κ1) is 13.4. The van der Waals surface area contributed by atoms with Crippen LogP contribution in [0, 0.1) is 0 Å². The molecule has 1 saturated heterocycles. The molecule has 1 heterocycles. The molecule has 0 unspecified atom stereocenters. The molecule has 1 atom stereocenters. The molecule has 1 amide bonds. The Morgan fingerprint density at radius 2 is 1.81 bits per heavy atom. The van der Waals surface area contributed by atoms with Crippen molar-refractivity contribution >= 4 is 15.9 Å². The Kier molecular flexibility index (Phi) is 4.28. The molecule has 0 aromatic carbocycles. The monoisotopic (exact) mass is 249 g/mol. The number of nitrogens with two attached hydrogens (primary N) is 1. The van der Waals surface area contributed by atoms with E-state index in [4.69, 9.17) is 5.73 Å². The first-order valence-corrected chi connectivity index (χ1v) is 7.01. The number of piperazine rings is 1. The van der Waals surface area contributed by atoms with Crippen molar-refractivity contribution < 1.29 is 13.2 Å². The predicted molar refractivity (Wildman–Crippen MR) is 61.3 cm³/mol. The average molecular weight is 249 g/mol. The van der Waals surface area contributed by atoms with Crippen molar-refractivity contribution in [2.24, 2.45) is 5.73 Å². The van der Waals surface area contributed by atoms with Crippen molar-refractivity contribution in [1.29, 1.82) is 0 Å². The molecule has 0 bridgehead atoms. The van der Waals surface area contributed by atoms with Crippen LogP contribution in [0.1, 0.15) is 13.8 Å². The van der Waals surface area contributed by atoms with Crippen molar-refractivity contribution in [2.75, 3.05) is 31.9 Å². The summed E-state index contributed by atoms with van der Waals surface area (Å²) in [5, 5.41) is 0. The molecule has 0 aromatic heterocycles. The van der Waals surface area contributed by atoms with Crippen LogP contribution >= 0.6 is 0 Å². The van der Waals surface area contributed by atoms with Crippen LogP contribution in [0.2, 0.25) is 0 Å². The minimum atomic E-state index is -3.13. The van der Waals surface area contributed by atoms with Gasteiger partial charge in [0.15, 0.2) is 0 Å². The summed E-state index contributed by atoms with van der Waals surface area (Å²) in [6, 6.07) is -0.519. The molecule has 0 aliphatic carbocycles. The minimum Gasteiger partial charge on any atom is -0.339 e. The van der Waals surface area contributed by atoms with E-state index in [-0.39, 0.29) is 11.7 Å². The maximum atomic E-state index is 11.6. The number of sulfonamides is 1. The van der Waals surface area contributed by atoms with E-state index in [0.717, 1.165) is 0 Å². The third-order valence-corrected chi connectivity index (χ3v) is 4.58. The molecule has 94 valence electrons. The SMILES string of the molecule is CCS(=O)(=O)N1CCN(C(=O)[C@H](C)N)CC1. The van der Waals surface area contributed by atoms with Crippen molar-refractivity contribution in [2.45, 2.75) is 19.9 Å². The van der Waals surface area contributed by atoms with Crippen LogP contribution in [0.3, 0.4) is 0 Å². The Labute approximate surface area is 96.4 Å². The van der Waals surface area contributed by atoms with Crippen LogP contribution in [0.15, 0.2) is 0 Å². The molecule has 6 nitrogen and oxygen atoms in total. The zero-order chi connectivity index (χ0) is 12.3.